The number of benzene rings is 1. The average Bonchev–Trinajstić information content (AvgIpc) is 3.17. The number of amides is 1. The Labute approximate surface area is 197 Å². The molecule has 8 heteroatoms. The summed E-state index contributed by atoms with van der Waals surface area (Å²) in [4.78, 5) is 14.9. The van der Waals surface area contributed by atoms with Crippen LogP contribution >= 0.6 is 34.8 Å². The van der Waals surface area contributed by atoms with E-state index in [0.29, 0.717) is 17.9 Å². The van der Waals surface area contributed by atoms with Gasteiger partial charge in [-0.1, -0.05) is 40.9 Å². The van der Waals surface area contributed by atoms with Crippen molar-refractivity contribution in [2.75, 3.05) is 26.8 Å². The first-order valence-electron chi connectivity index (χ1n) is 11.2. The first-order valence-corrected chi connectivity index (χ1v) is 12.3. The van der Waals surface area contributed by atoms with Gasteiger partial charge in [-0.05, 0) is 79.2 Å². The van der Waals surface area contributed by atoms with Crippen LogP contribution in [0.15, 0.2) is 18.2 Å². The standard InChI is InChI=1S/C23H27Cl3N2O3/c1-30-15-3-2-13-8-18-21-5-4-17-19(22(21,6-7-27-18)16(13)9-15)14(10-21)11-28(17)20(29)31-12-23(24,25)26/h2-3,9,14,17-19,27H,4-8,10-12H2,1H3/t14-,17?,18-,19?,21-,22+/m1/s1. The molecule has 1 amide bonds. The van der Waals surface area contributed by atoms with Crippen LogP contribution < -0.4 is 10.1 Å². The zero-order chi connectivity index (χ0) is 21.6. The predicted molar refractivity (Wildman–Crippen MR) is 120 cm³/mol. The molecule has 2 saturated carbocycles. The molecule has 6 rings (SSSR count). The summed E-state index contributed by atoms with van der Waals surface area (Å²) in [7, 11) is 1.74. The zero-order valence-corrected chi connectivity index (χ0v) is 19.8. The molecule has 6 atom stereocenters. The van der Waals surface area contributed by atoms with Crippen LogP contribution in [0.5, 0.6) is 5.75 Å². The van der Waals surface area contributed by atoms with E-state index in [1.165, 1.54) is 11.1 Å². The van der Waals surface area contributed by atoms with Gasteiger partial charge in [0.15, 0.2) is 0 Å². The number of alkyl halides is 3. The number of nitrogens with one attached hydrogen (secondary N) is 1. The first-order chi connectivity index (χ1) is 14.8. The van der Waals surface area contributed by atoms with Crippen LogP contribution in [0, 0.1) is 17.3 Å². The molecule has 2 heterocycles. The number of methoxy groups -OCH3 is 1. The monoisotopic (exact) mass is 484 g/mol. The van der Waals surface area contributed by atoms with Gasteiger partial charge in [0.2, 0.25) is 3.79 Å². The maximum atomic E-state index is 13.0. The minimum absolute atomic E-state index is 0.0862. The van der Waals surface area contributed by atoms with Crippen molar-refractivity contribution in [3.63, 3.8) is 0 Å². The number of hydrogen-bond acceptors (Lipinski definition) is 4. The molecule has 1 aromatic carbocycles. The fourth-order valence-corrected chi connectivity index (χ4v) is 8.61. The Hall–Kier alpha value is -0.880. The van der Waals surface area contributed by atoms with Crippen molar-refractivity contribution in [1.29, 1.82) is 0 Å². The highest BCUT2D eigenvalue weighted by Gasteiger charge is 2.75. The van der Waals surface area contributed by atoms with Crippen molar-refractivity contribution < 1.29 is 14.3 Å². The van der Waals surface area contributed by atoms with E-state index in [2.05, 4.69) is 23.5 Å². The smallest absolute Gasteiger partial charge is 0.410 e. The Kier molecular flexibility index (Phi) is 4.55. The summed E-state index contributed by atoms with van der Waals surface area (Å²) < 4.78 is 9.45. The second-order valence-corrected chi connectivity index (χ2v) is 12.5. The van der Waals surface area contributed by atoms with E-state index in [4.69, 9.17) is 44.3 Å². The van der Waals surface area contributed by atoms with E-state index >= 15 is 0 Å². The molecule has 4 fully saturated rings. The molecular weight excluding hydrogens is 459 g/mol. The molecule has 31 heavy (non-hydrogen) atoms. The van der Waals surface area contributed by atoms with E-state index in [-0.39, 0.29) is 29.6 Å². The lowest BCUT2D eigenvalue weighted by Crippen LogP contribution is -2.69. The summed E-state index contributed by atoms with van der Waals surface area (Å²) in [5, 5.41) is 3.88. The van der Waals surface area contributed by atoms with Gasteiger partial charge < -0.3 is 19.7 Å². The van der Waals surface area contributed by atoms with Gasteiger partial charge in [-0.3, -0.25) is 0 Å². The lowest BCUT2D eigenvalue weighted by molar-refractivity contribution is -0.0469. The minimum atomic E-state index is -1.59. The van der Waals surface area contributed by atoms with Gasteiger partial charge in [0, 0.05) is 24.0 Å². The van der Waals surface area contributed by atoms with E-state index in [9.17, 15) is 4.79 Å². The van der Waals surface area contributed by atoms with Crippen LogP contribution in [-0.2, 0) is 16.6 Å². The third-order valence-electron chi connectivity index (χ3n) is 9.12. The molecular formula is C23H27Cl3N2O3. The Morgan fingerprint density at radius 2 is 2.16 bits per heavy atom. The molecule has 168 valence electrons. The molecule has 1 N–H and O–H groups in total. The lowest BCUT2D eigenvalue weighted by Gasteiger charge is -2.64. The number of carbonyl (C=O) groups is 1. The van der Waals surface area contributed by atoms with Crippen LogP contribution in [-0.4, -0.2) is 53.7 Å². The molecule has 1 aromatic rings. The highest BCUT2D eigenvalue weighted by Crippen LogP contribution is 2.74. The number of halogens is 3. The van der Waals surface area contributed by atoms with Gasteiger partial charge in [0.1, 0.15) is 12.4 Å². The maximum absolute atomic E-state index is 13.0. The number of nitrogens with zero attached hydrogens (tertiary/aromatic N) is 1. The highest BCUT2D eigenvalue weighted by molar-refractivity contribution is 6.67. The number of rotatable bonds is 2. The molecule has 5 nitrogen and oxygen atoms in total. The molecule has 3 aliphatic carbocycles. The molecule has 0 spiro atoms. The Bertz CT molecular complexity index is 937. The predicted octanol–water partition coefficient (Wildman–Crippen LogP) is 4.46. The second kappa shape index (κ2) is 6.82. The quantitative estimate of drug-likeness (QED) is 0.629. The maximum Gasteiger partial charge on any atom is 0.410 e. The number of fused-ring (bicyclic) bond motifs is 1. The van der Waals surface area contributed by atoms with Crippen molar-refractivity contribution in [2.24, 2.45) is 17.3 Å². The fraction of sp³-hybridized carbons (Fsp3) is 0.696. The largest absolute Gasteiger partial charge is 0.497 e. The topological polar surface area (TPSA) is 50.8 Å². The van der Waals surface area contributed by atoms with Crippen molar-refractivity contribution in [2.45, 2.75) is 53.4 Å². The van der Waals surface area contributed by atoms with Crippen LogP contribution in [0.25, 0.3) is 0 Å². The van der Waals surface area contributed by atoms with Gasteiger partial charge in [-0.15, -0.1) is 0 Å². The fourth-order valence-electron chi connectivity index (χ4n) is 8.44. The summed E-state index contributed by atoms with van der Waals surface area (Å²) in [6, 6.07) is 7.33. The Morgan fingerprint density at radius 3 is 2.94 bits per heavy atom. The molecule has 0 radical (unpaired) electrons. The van der Waals surface area contributed by atoms with E-state index < -0.39 is 3.79 Å². The number of ether oxygens (including phenoxy) is 2. The van der Waals surface area contributed by atoms with Crippen molar-refractivity contribution in [3.8, 4) is 5.75 Å². The van der Waals surface area contributed by atoms with Gasteiger partial charge in [0.05, 0.1) is 7.11 Å². The summed E-state index contributed by atoms with van der Waals surface area (Å²) in [5.41, 5.74) is 3.26. The van der Waals surface area contributed by atoms with Gasteiger partial charge in [-0.25, -0.2) is 4.79 Å². The van der Waals surface area contributed by atoms with Crippen molar-refractivity contribution >= 4 is 40.9 Å². The Balaban J connectivity index is 1.41. The molecule has 4 bridgehead atoms. The molecule has 2 saturated heterocycles. The van der Waals surface area contributed by atoms with Crippen molar-refractivity contribution in [1.82, 2.24) is 10.2 Å². The van der Waals surface area contributed by atoms with Gasteiger partial charge in [-0.2, -0.15) is 0 Å². The van der Waals surface area contributed by atoms with Crippen molar-refractivity contribution in [3.05, 3.63) is 29.3 Å². The van der Waals surface area contributed by atoms with E-state index in [0.717, 1.165) is 50.9 Å². The van der Waals surface area contributed by atoms with Gasteiger partial charge in [0.25, 0.3) is 0 Å². The SMILES string of the molecule is COc1ccc2c(c1)[C@]13CCN[C@H](C2)[C@]12CCC1C3[C@@H](CN1C(=O)OCC(Cl)(Cl)Cl)C2. The highest BCUT2D eigenvalue weighted by atomic mass is 35.6. The summed E-state index contributed by atoms with van der Waals surface area (Å²) in [6.07, 6.45) is 5.16. The van der Waals surface area contributed by atoms with E-state index in [1.807, 2.05) is 4.90 Å². The number of likely N-dealkylation sites (tertiary alicyclic amines) is 1. The number of carbonyl (C=O) groups excluding carboxylic acids is 1. The number of piperidine rings is 1. The lowest BCUT2D eigenvalue weighted by atomic mass is 9.44. The normalized spacial score (nSPS) is 39.7. The molecule has 2 unspecified atom stereocenters. The summed E-state index contributed by atoms with van der Waals surface area (Å²) in [6.45, 7) is 1.54. The third kappa shape index (κ3) is 2.70. The first kappa shape index (κ1) is 20.7. The Morgan fingerprint density at radius 1 is 1.32 bits per heavy atom. The van der Waals surface area contributed by atoms with E-state index in [1.54, 1.807) is 7.11 Å². The van der Waals surface area contributed by atoms with Crippen LogP contribution in [0.4, 0.5) is 4.79 Å². The van der Waals surface area contributed by atoms with Gasteiger partial charge >= 0.3 is 6.09 Å². The molecule has 0 aromatic heterocycles. The van der Waals surface area contributed by atoms with Crippen LogP contribution in [0.2, 0.25) is 0 Å². The average molecular weight is 486 g/mol. The number of hydrogen-bond donors (Lipinski definition) is 1. The van der Waals surface area contributed by atoms with Crippen LogP contribution in [0.1, 0.15) is 36.8 Å². The molecule has 5 aliphatic rings. The third-order valence-corrected chi connectivity index (χ3v) is 9.44. The summed E-state index contributed by atoms with van der Waals surface area (Å²) >= 11 is 17.5. The molecule has 2 aliphatic heterocycles. The second-order valence-electron chi connectivity index (χ2n) is 10.0. The minimum Gasteiger partial charge on any atom is -0.497 e. The zero-order valence-electron chi connectivity index (χ0n) is 17.5. The summed E-state index contributed by atoms with van der Waals surface area (Å²) in [5.74, 6) is 1.85. The van der Waals surface area contributed by atoms with Crippen LogP contribution in [0.3, 0.4) is 0 Å².